The summed E-state index contributed by atoms with van der Waals surface area (Å²) in [6.07, 6.45) is 79.5. The van der Waals surface area contributed by atoms with Gasteiger partial charge in [-0.25, -0.2) is 0 Å². The number of hydrogen-bond acceptors (Lipinski definition) is 6. The fourth-order valence-corrected chi connectivity index (χ4v) is 8.61. The molecule has 0 aliphatic carbocycles. The second-order valence-electron chi connectivity index (χ2n) is 20.6. The number of nitrogens with one attached hydrogen (secondary N) is 1. The zero-order valence-corrected chi connectivity index (χ0v) is 48.4. The Labute approximate surface area is 450 Å². The van der Waals surface area contributed by atoms with Crippen LogP contribution >= 0.6 is 7.82 Å². The maximum Gasteiger partial charge on any atom is 0.268 e. The Bertz CT molecular complexity index is 1600. The molecule has 1 amide bonds. The van der Waals surface area contributed by atoms with Gasteiger partial charge in [0.25, 0.3) is 7.82 Å². The summed E-state index contributed by atoms with van der Waals surface area (Å²) in [7, 11) is 1.26. The second-order valence-corrected chi connectivity index (χ2v) is 22.0. The van der Waals surface area contributed by atoms with E-state index in [1.807, 2.05) is 21.1 Å². The molecule has 0 fully saturated rings. The molecule has 0 rings (SSSR count). The Morgan fingerprint density at radius 3 is 1.19 bits per heavy atom. The number of nitrogens with zero attached hydrogens (tertiary/aromatic N) is 1. The lowest BCUT2D eigenvalue weighted by Gasteiger charge is -2.30. The summed E-state index contributed by atoms with van der Waals surface area (Å²) in [6.45, 7) is 4.57. The van der Waals surface area contributed by atoms with Gasteiger partial charge < -0.3 is 28.8 Å². The molecule has 0 aromatic heterocycles. The van der Waals surface area contributed by atoms with Gasteiger partial charge in [0.1, 0.15) is 13.2 Å². The van der Waals surface area contributed by atoms with Gasteiger partial charge in [0.15, 0.2) is 0 Å². The topological polar surface area (TPSA) is 108 Å². The molecule has 0 bridgehead atoms. The minimum Gasteiger partial charge on any atom is -0.756 e. The number of allylic oxidation sites excluding steroid dienone is 20. The molecule has 73 heavy (non-hydrogen) atoms. The number of amides is 1. The Hall–Kier alpha value is -3.10. The van der Waals surface area contributed by atoms with Crippen molar-refractivity contribution in [2.75, 3.05) is 40.9 Å². The zero-order valence-electron chi connectivity index (χ0n) is 47.5. The molecular formula is C64H111N2O6P. The van der Waals surface area contributed by atoms with Crippen molar-refractivity contribution in [3.8, 4) is 0 Å². The van der Waals surface area contributed by atoms with E-state index in [1.165, 1.54) is 96.3 Å². The molecule has 3 unspecified atom stereocenters. The summed E-state index contributed by atoms with van der Waals surface area (Å²) in [5, 5.41) is 14.0. The predicted molar refractivity (Wildman–Crippen MR) is 315 cm³/mol. The van der Waals surface area contributed by atoms with E-state index in [0.717, 1.165) is 96.3 Å². The van der Waals surface area contributed by atoms with Crippen LogP contribution in [-0.4, -0.2) is 68.5 Å². The summed E-state index contributed by atoms with van der Waals surface area (Å²) < 4.78 is 23.4. The summed E-state index contributed by atoms with van der Waals surface area (Å²) in [5.41, 5.74) is 0. The number of aliphatic hydroxyl groups excluding tert-OH is 1. The summed E-state index contributed by atoms with van der Waals surface area (Å²) in [4.78, 5) is 25.5. The van der Waals surface area contributed by atoms with E-state index >= 15 is 0 Å². The van der Waals surface area contributed by atoms with Gasteiger partial charge in [-0.1, -0.05) is 251 Å². The number of phosphoric ester groups is 1. The predicted octanol–water partition coefficient (Wildman–Crippen LogP) is 17.5. The molecule has 0 heterocycles. The summed E-state index contributed by atoms with van der Waals surface area (Å²) in [6, 6.07) is -0.834. The highest BCUT2D eigenvalue weighted by Crippen LogP contribution is 2.38. The molecule has 0 aliphatic heterocycles. The third-order valence-corrected chi connectivity index (χ3v) is 13.4. The van der Waals surface area contributed by atoms with Crippen molar-refractivity contribution in [2.24, 2.45) is 0 Å². The van der Waals surface area contributed by atoms with Crippen LogP contribution < -0.4 is 10.2 Å². The summed E-state index contributed by atoms with van der Waals surface area (Å²) >= 11 is 0. The third kappa shape index (κ3) is 56.5. The molecular weight excluding hydrogens is 924 g/mol. The molecule has 0 aromatic rings. The van der Waals surface area contributed by atoms with E-state index in [0.29, 0.717) is 30.3 Å². The van der Waals surface area contributed by atoms with Crippen molar-refractivity contribution in [3.63, 3.8) is 0 Å². The van der Waals surface area contributed by atoms with Crippen molar-refractivity contribution in [1.29, 1.82) is 0 Å². The molecule has 0 saturated carbocycles. The van der Waals surface area contributed by atoms with Crippen molar-refractivity contribution in [2.45, 2.75) is 238 Å². The fraction of sp³-hybridized carbons (Fsp3) is 0.672. The van der Waals surface area contributed by atoms with E-state index in [1.54, 1.807) is 0 Å². The summed E-state index contributed by atoms with van der Waals surface area (Å²) in [5.74, 6) is -0.211. The van der Waals surface area contributed by atoms with Crippen molar-refractivity contribution >= 4 is 13.7 Å². The van der Waals surface area contributed by atoms with Gasteiger partial charge >= 0.3 is 0 Å². The molecule has 9 heteroatoms. The third-order valence-electron chi connectivity index (χ3n) is 12.5. The normalized spacial score (nSPS) is 14.8. The largest absolute Gasteiger partial charge is 0.756 e. The van der Waals surface area contributed by atoms with Crippen molar-refractivity contribution < 1.29 is 32.9 Å². The van der Waals surface area contributed by atoms with Gasteiger partial charge in [-0.3, -0.25) is 9.36 Å². The second kappa shape index (κ2) is 53.7. The van der Waals surface area contributed by atoms with E-state index in [9.17, 15) is 19.4 Å². The molecule has 0 radical (unpaired) electrons. The Balaban J connectivity index is 4.30. The van der Waals surface area contributed by atoms with Gasteiger partial charge in [0.2, 0.25) is 5.91 Å². The quantitative estimate of drug-likeness (QED) is 0.0272. The van der Waals surface area contributed by atoms with Crippen LogP contribution in [0.4, 0.5) is 0 Å². The Kier molecular flexibility index (Phi) is 51.4. The minimum atomic E-state index is -4.59. The van der Waals surface area contributed by atoms with Gasteiger partial charge in [-0.2, -0.15) is 0 Å². The van der Waals surface area contributed by atoms with E-state index in [2.05, 4.69) is 141 Å². The first-order valence-corrected chi connectivity index (χ1v) is 30.8. The number of carbonyl (C=O) groups excluding carboxylic acids is 1. The average molecular weight is 1040 g/mol. The molecule has 0 spiro atoms. The Morgan fingerprint density at radius 2 is 0.836 bits per heavy atom. The number of rotatable bonds is 52. The van der Waals surface area contributed by atoms with Gasteiger partial charge in [-0.05, 0) is 89.9 Å². The first kappa shape index (κ1) is 69.9. The molecule has 418 valence electrons. The number of likely N-dealkylation sites (N-methyl/N-ethyl adjacent to an activating group) is 1. The van der Waals surface area contributed by atoms with Crippen molar-refractivity contribution in [3.05, 3.63) is 122 Å². The van der Waals surface area contributed by atoms with Crippen molar-refractivity contribution in [1.82, 2.24) is 5.32 Å². The van der Waals surface area contributed by atoms with Crippen LogP contribution in [0.3, 0.4) is 0 Å². The van der Waals surface area contributed by atoms with Crippen LogP contribution in [0.15, 0.2) is 122 Å². The zero-order chi connectivity index (χ0) is 53.5. The molecule has 8 nitrogen and oxygen atoms in total. The minimum absolute atomic E-state index is 0.00299. The smallest absolute Gasteiger partial charge is 0.268 e. The highest BCUT2D eigenvalue weighted by Gasteiger charge is 2.24. The van der Waals surface area contributed by atoms with Crippen LogP contribution in [0.25, 0.3) is 0 Å². The maximum atomic E-state index is 13.0. The average Bonchev–Trinajstić information content (AvgIpc) is 3.35. The molecule has 2 N–H and O–H groups in total. The van der Waals surface area contributed by atoms with Crippen LogP contribution in [0.2, 0.25) is 0 Å². The lowest BCUT2D eigenvalue weighted by Crippen LogP contribution is -2.46. The number of carbonyl (C=O) groups is 1. The number of unbranched alkanes of at least 4 members (excludes halogenated alkanes) is 19. The number of hydrogen-bond donors (Lipinski definition) is 2. The van der Waals surface area contributed by atoms with Gasteiger partial charge in [0, 0.05) is 6.42 Å². The standard InChI is InChI=1S/C64H111N2O6P/c1-6-8-10-12-14-16-18-20-22-24-26-27-28-29-30-31-32-33-34-35-36-37-38-39-40-42-44-46-48-50-52-54-56-58-64(68)65-62(61-72-73(69,70)71-60-59-66(3,4)5)63(67)57-55-53-51-49-47-45-43-41-25-23-21-19-17-15-13-11-9-7-2/h8,10,14,16,20,22,26-27,29-30,32-33,35-36,38-39,42,44,48,50,62-63,67H,6-7,9,11-13,15,17-19,21,23-25,28,31,34,37,40-41,43,45-47,49,51-61H2,1-5H3,(H-,65,68,69,70)/b10-8-,16-14-,22-20-,27-26-,30-29-,33-32-,36-35-,39-38-,44-42-,50-48-. The molecule has 0 aliphatic rings. The van der Waals surface area contributed by atoms with Crippen LogP contribution in [0.1, 0.15) is 226 Å². The number of phosphoric acid groups is 1. The van der Waals surface area contributed by atoms with Crippen LogP contribution in [-0.2, 0) is 18.4 Å². The highest BCUT2D eigenvalue weighted by molar-refractivity contribution is 7.45. The SMILES string of the molecule is CC/C=C\C/C=C\C/C=C\C/C=C\C/C=C\C/C=C\C/C=C\C/C=C\C/C=C\C/C=C\CCCCC(=O)NC(COP(=O)([O-])OCC[N+](C)(C)C)C(O)CCCCCCCCCCCCCCCCCCCC. The first-order valence-electron chi connectivity index (χ1n) is 29.4. The maximum absolute atomic E-state index is 13.0. The highest BCUT2D eigenvalue weighted by atomic mass is 31.2. The fourth-order valence-electron chi connectivity index (χ4n) is 7.89. The number of quaternary nitrogens is 1. The van der Waals surface area contributed by atoms with Crippen LogP contribution in [0.5, 0.6) is 0 Å². The van der Waals surface area contributed by atoms with Gasteiger partial charge in [0.05, 0.1) is 39.9 Å². The molecule has 3 atom stereocenters. The van der Waals surface area contributed by atoms with Crippen LogP contribution in [0, 0.1) is 0 Å². The molecule has 0 saturated heterocycles. The lowest BCUT2D eigenvalue weighted by atomic mass is 10.0. The van der Waals surface area contributed by atoms with E-state index in [4.69, 9.17) is 9.05 Å². The van der Waals surface area contributed by atoms with Gasteiger partial charge in [-0.15, -0.1) is 0 Å². The lowest BCUT2D eigenvalue weighted by molar-refractivity contribution is -0.870. The van der Waals surface area contributed by atoms with E-state index in [-0.39, 0.29) is 19.1 Å². The molecule has 0 aromatic carbocycles. The monoisotopic (exact) mass is 1030 g/mol. The van der Waals surface area contributed by atoms with E-state index < -0.39 is 20.0 Å². The first-order chi connectivity index (χ1) is 35.5. The Morgan fingerprint density at radius 1 is 0.493 bits per heavy atom. The number of aliphatic hydroxyl groups is 1.